The van der Waals surface area contributed by atoms with Gasteiger partial charge in [0.05, 0.1) is 30.9 Å². The molecule has 4 aromatic heterocycles. The summed E-state index contributed by atoms with van der Waals surface area (Å²) in [6.07, 6.45) is 6.29. The maximum absolute atomic E-state index is 13.6. The molecule has 2 aliphatic carbocycles. The van der Waals surface area contributed by atoms with Crippen molar-refractivity contribution in [3.63, 3.8) is 0 Å². The Morgan fingerprint density at radius 1 is 1.02 bits per heavy atom. The van der Waals surface area contributed by atoms with Crippen LogP contribution in [0.25, 0.3) is 33.8 Å². The van der Waals surface area contributed by atoms with Gasteiger partial charge in [-0.3, -0.25) is 0 Å². The van der Waals surface area contributed by atoms with Crippen molar-refractivity contribution in [2.45, 2.75) is 70.6 Å². The number of fused-ring (bicyclic) bond motifs is 2. The van der Waals surface area contributed by atoms with Gasteiger partial charge in [-0.1, -0.05) is 12.1 Å². The van der Waals surface area contributed by atoms with Gasteiger partial charge in [0.15, 0.2) is 17.2 Å². The van der Waals surface area contributed by atoms with Crippen molar-refractivity contribution in [1.29, 1.82) is 0 Å². The maximum atomic E-state index is 13.6. The number of imidazole rings is 1. The highest BCUT2D eigenvalue weighted by Gasteiger charge is 2.36. The van der Waals surface area contributed by atoms with Crippen molar-refractivity contribution in [3.8, 4) is 28.7 Å². The smallest absolute Gasteiger partial charge is 0.434 e. The van der Waals surface area contributed by atoms with Gasteiger partial charge in [-0.05, 0) is 62.6 Å². The van der Waals surface area contributed by atoms with Crippen molar-refractivity contribution in [1.82, 2.24) is 39.3 Å². The van der Waals surface area contributed by atoms with E-state index in [1.54, 1.807) is 24.1 Å². The number of alkyl halides is 3. The molecular formula is C30H29F3N8O. The molecule has 0 unspecified atom stereocenters. The molecule has 5 aromatic rings. The van der Waals surface area contributed by atoms with E-state index in [4.69, 9.17) is 9.72 Å². The molecular weight excluding hydrogens is 545 g/mol. The summed E-state index contributed by atoms with van der Waals surface area (Å²) in [7, 11) is 1.58. The van der Waals surface area contributed by atoms with Crippen molar-refractivity contribution in [2.24, 2.45) is 0 Å². The first-order valence-corrected chi connectivity index (χ1v) is 14.1. The Kier molecular flexibility index (Phi) is 6.25. The summed E-state index contributed by atoms with van der Waals surface area (Å²) in [5.74, 6) is 1.64. The third kappa shape index (κ3) is 4.49. The average molecular weight is 575 g/mol. The monoisotopic (exact) mass is 574 g/mol. The average Bonchev–Trinajstić information content (AvgIpc) is 3.33. The number of methoxy groups -OCH3 is 1. The number of aromatic nitrogens is 8. The lowest BCUT2D eigenvalue weighted by molar-refractivity contribution is -0.140. The molecule has 0 atom stereocenters. The summed E-state index contributed by atoms with van der Waals surface area (Å²) in [4.78, 5) is 22.4. The van der Waals surface area contributed by atoms with E-state index in [0.29, 0.717) is 41.2 Å². The Morgan fingerprint density at radius 3 is 2.57 bits per heavy atom. The van der Waals surface area contributed by atoms with E-state index >= 15 is 0 Å². The Hall–Kier alpha value is -4.35. The van der Waals surface area contributed by atoms with E-state index < -0.39 is 11.9 Å². The Labute approximate surface area is 239 Å². The Morgan fingerprint density at radius 2 is 1.83 bits per heavy atom. The van der Waals surface area contributed by atoms with Gasteiger partial charge in [-0.2, -0.15) is 18.3 Å². The number of nitrogens with zero attached hydrogens (tertiary/aromatic N) is 8. The van der Waals surface area contributed by atoms with Crippen LogP contribution in [0.15, 0.2) is 37.1 Å². The predicted molar refractivity (Wildman–Crippen MR) is 149 cm³/mol. The largest absolute Gasteiger partial charge is 0.480 e. The summed E-state index contributed by atoms with van der Waals surface area (Å²) in [6.45, 7) is 4.19. The minimum absolute atomic E-state index is 0.168. The topological polar surface area (TPSA) is 96.4 Å². The van der Waals surface area contributed by atoms with Crippen LogP contribution in [0.3, 0.4) is 0 Å². The molecule has 4 heterocycles. The normalized spacial score (nSPS) is 15.1. The predicted octanol–water partition coefficient (Wildman–Crippen LogP) is 6.17. The van der Waals surface area contributed by atoms with Gasteiger partial charge in [0.25, 0.3) is 0 Å². The van der Waals surface area contributed by atoms with Crippen LogP contribution in [-0.2, 0) is 25.6 Å². The van der Waals surface area contributed by atoms with Crippen LogP contribution < -0.4 is 4.74 Å². The third-order valence-electron chi connectivity index (χ3n) is 8.12. The Bertz CT molecular complexity index is 1820. The molecule has 1 saturated carbocycles. The zero-order valence-electron chi connectivity index (χ0n) is 23.5. The Balaban J connectivity index is 1.28. The molecule has 9 nitrogen and oxygen atoms in total. The SMILES string of the molecule is COc1ncnc(C2CC2)c1-c1ncc2cnn(Cc3ccc(-c4nc(C(F)(F)F)cn4C(C)C)c4c3CCC4)c2n1. The number of hydrogen-bond acceptors (Lipinski definition) is 7. The second-order valence-corrected chi connectivity index (χ2v) is 11.2. The fourth-order valence-electron chi connectivity index (χ4n) is 5.94. The zero-order chi connectivity index (χ0) is 29.2. The molecule has 0 N–H and O–H groups in total. The lowest BCUT2D eigenvalue weighted by atomic mass is 9.97. The van der Waals surface area contributed by atoms with Crippen LogP contribution in [0.1, 0.15) is 73.1 Å². The maximum Gasteiger partial charge on any atom is 0.434 e. The molecule has 216 valence electrons. The van der Waals surface area contributed by atoms with Gasteiger partial charge in [-0.15, -0.1) is 0 Å². The van der Waals surface area contributed by atoms with E-state index in [-0.39, 0.29) is 6.04 Å². The number of rotatable bonds is 7. The van der Waals surface area contributed by atoms with E-state index in [0.717, 1.165) is 71.6 Å². The summed E-state index contributed by atoms with van der Waals surface area (Å²) in [5.41, 5.74) is 5.44. The third-order valence-corrected chi connectivity index (χ3v) is 8.12. The van der Waals surface area contributed by atoms with Crippen LogP contribution >= 0.6 is 0 Å². The molecule has 42 heavy (non-hydrogen) atoms. The van der Waals surface area contributed by atoms with Crippen LogP contribution in [0.5, 0.6) is 5.88 Å². The highest BCUT2D eigenvalue weighted by Crippen LogP contribution is 2.45. The van der Waals surface area contributed by atoms with E-state index in [9.17, 15) is 13.2 Å². The van der Waals surface area contributed by atoms with Gasteiger partial charge in [0.1, 0.15) is 17.7 Å². The summed E-state index contributed by atoms with van der Waals surface area (Å²) >= 11 is 0. The summed E-state index contributed by atoms with van der Waals surface area (Å²) < 4.78 is 49.7. The van der Waals surface area contributed by atoms with Crippen LogP contribution in [-0.4, -0.2) is 46.4 Å². The van der Waals surface area contributed by atoms with Gasteiger partial charge in [0, 0.05) is 29.9 Å². The van der Waals surface area contributed by atoms with Crippen molar-refractivity contribution < 1.29 is 17.9 Å². The molecule has 0 bridgehead atoms. The van der Waals surface area contributed by atoms with Gasteiger partial charge in [-0.25, -0.2) is 29.6 Å². The molecule has 1 fully saturated rings. The molecule has 1 aromatic carbocycles. The van der Waals surface area contributed by atoms with Gasteiger partial charge in [0.2, 0.25) is 5.88 Å². The molecule has 0 spiro atoms. The highest BCUT2D eigenvalue weighted by atomic mass is 19.4. The first-order valence-electron chi connectivity index (χ1n) is 14.1. The molecule has 2 aliphatic rings. The van der Waals surface area contributed by atoms with E-state index in [1.807, 2.05) is 30.7 Å². The lowest BCUT2D eigenvalue weighted by Gasteiger charge is -2.16. The number of ether oxygens (including phenoxy) is 1. The van der Waals surface area contributed by atoms with Crippen molar-refractivity contribution in [2.75, 3.05) is 7.11 Å². The first-order chi connectivity index (χ1) is 20.2. The minimum Gasteiger partial charge on any atom is -0.480 e. The summed E-state index contributed by atoms with van der Waals surface area (Å²) in [5, 5.41) is 5.42. The van der Waals surface area contributed by atoms with Crippen molar-refractivity contribution >= 4 is 11.0 Å². The van der Waals surface area contributed by atoms with E-state index in [1.165, 1.54) is 6.33 Å². The number of hydrogen-bond donors (Lipinski definition) is 0. The van der Waals surface area contributed by atoms with Crippen molar-refractivity contribution in [3.05, 3.63) is 65.1 Å². The zero-order valence-corrected chi connectivity index (χ0v) is 23.5. The molecule has 0 radical (unpaired) electrons. The van der Waals surface area contributed by atoms with Gasteiger partial charge < -0.3 is 9.30 Å². The van der Waals surface area contributed by atoms with Gasteiger partial charge >= 0.3 is 6.18 Å². The van der Waals surface area contributed by atoms with Crippen LogP contribution in [0.2, 0.25) is 0 Å². The lowest BCUT2D eigenvalue weighted by Crippen LogP contribution is -2.08. The number of benzene rings is 1. The standard InChI is InChI=1S/C30H29F3N8O/c1-16(2)40-14-23(30(31,32)33)38-28(40)22-10-9-18(20-5-4-6-21(20)22)13-41-27-19(12-37-41)11-34-26(39-27)24-25(17-7-8-17)35-15-36-29(24)42-3/h9-12,14-17H,4-8,13H2,1-3H3. The molecule has 7 rings (SSSR count). The fraction of sp³-hybridized carbons (Fsp3) is 0.400. The first kappa shape index (κ1) is 26.5. The van der Waals surface area contributed by atoms with Crippen LogP contribution in [0.4, 0.5) is 13.2 Å². The second-order valence-electron chi connectivity index (χ2n) is 11.2. The molecule has 12 heteroatoms. The fourth-order valence-corrected chi connectivity index (χ4v) is 5.94. The molecule has 0 amide bonds. The highest BCUT2D eigenvalue weighted by molar-refractivity contribution is 5.77. The van der Waals surface area contributed by atoms with Crippen LogP contribution in [0, 0.1) is 0 Å². The quantitative estimate of drug-likeness (QED) is 0.229. The minimum atomic E-state index is -4.50. The second kappa shape index (κ2) is 9.88. The molecule has 0 saturated heterocycles. The number of halogens is 3. The molecule has 0 aliphatic heterocycles. The summed E-state index contributed by atoms with van der Waals surface area (Å²) in [6, 6.07) is 3.72. The van der Waals surface area contributed by atoms with E-state index in [2.05, 4.69) is 25.0 Å².